The first kappa shape index (κ1) is 16.2. The Morgan fingerprint density at radius 3 is 2.54 bits per heavy atom. The van der Waals surface area contributed by atoms with Crippen LogP contribution in [0.3, 0.4) is 0 Å². The number of hydrogen-bond acceptors (Lipinski definition) is 6. The number of piperidine rings is 3. The van der Waals surface area contributed by atoms with Gasteiger partial charge in [-0.2, -0.15) is 0 Å². The Labute approximate surface area is 154 Å². The molecule has 4 aliphatic rings. The van der Waals surface area contributed by atoms with E-state index in [0.717, 1.165) is 24.2 Å². The molecule has 136 valence electrons. The van der Waals surface area contributed by atoms with E-state index in [1.165, 1.54) is 31.5 Å². The van der Waals surface area contributed by atoms with Crippen LogP contribution in [-0.4, -0.2) is 53.0 Å². The SMILES string of the molecule is Cc1cccc(-c2cnc(N3CC4(CN5CCC4CC5)OC3N)nc2)c1. The maximum Gasteiger partial charge on any atom is 0.228 e. The van der Waals surface area contributed by atoms with E-state index in [1.807, 2.05) is 17.3 Å². The summed E-state index contributed by atoms with van der Waals surface area (Å²) in [5.74, 6) is 1.25. The molecule has 0 aliphatic carbocycles. The number of ether oxygens (including phenoxy) is 1. The summed E-state index contributed by atoms with van der Waals surface area (Å²) >= 11 is 0. The summed E-state index contributed by atoms with van der Waals surface area (Å²) in [6, 6.07) is 8.37. The van der Waals surface area contributed by atoms with Crippen molar-refractivity contribution in [3.05, 3.63) is 42.2 Å². The number of aromatic nitrogens is 2. The minimum absolute atomic E-state index is 0.158. The lowest BCUT2D eigenvalue weighted by atomic mass is 9.75. The molecule has 6 heteroatoms. The van der Waals surface area contributed by atoms with E-state index in [2.05, 4.69) is 46.1 Å². The van der Waals surface area contributed by atoms with Crippen LogP contribution in [0.15, 0.2) is 36.7 Å². The van der Waals surface area contributed by atoms with Crippen molar-refractivity contribution in [2.24, 2.45) is 11.7 Å². The zero-order valence-electron chi connectivity index (χ0n) is 15.1. The summed E-state index contributed by atoms with van der Waals surface area (Å²) < 4.78 is 6.30. The van der Waals surface area contributed by atoms with E-state index >= 15 is 0 Å². The monoisotopic (exact) mass is 351 g/mol. The number of rotatable bonds is 2. The van der Waals surface area contributed by atoms with Gasteiger partial charge in [0.15, 0.2) is 6.35 Å². The zero-order valence-corrected chi connectivity index (χ0v) is 15.1. The fourth-order valence-corrected chi connectivity index (χ4v) is 4.78. The third-order valence-corrected chi connectivity index (χ3v) is 6.17. The molecule has 1 aromatic heterocycles. The molecule has 2 aromatic rings. The van der Waals surface area contributed by atoms with Gasteiger partial charge in [0.25, 0.3) is 0 Å². The molecule has 2 atom stereocenters. The Balaban J connectivity index is 1.38. The Kier molecular flexibility index (Phi) is 3.74. The molecular formula is C20H25N5O. The summed E-state index contributed by atoms with van der Waals surface area (Å²) in [4.78, 5) is 13.7. The number of nitrogens with two attached hydrogens (primary N) is 1. The number of nitrogens with zero attached hydrogens (tertiary/aromatic N) is 4. The van der Waals surface area contributed by atoms with Gasteiger partial charge in [0.2, 0.25) is 5.95 Å². The molecule has 1 spiro atoms. The quantitative estimate of drug-likeness (QED) is 0.893. The van der Waals surface area contributed by atoms with Crippen molar-refractivity contribution in [2.45, 2.75) is 31.7 Å². The second-order valence-corrected chi connectivity index (χ2v) is 7.89. The van der Waals surface area contributed by atoms with Crippen LogP contribution in [0.5, 0.6) is 0 Å². The molecule has 26 heavy (non-hydrogen) atoms. The second-order valence-electron chi connectivity index (χ2n) is 7.89. The minimum atomic E-state index is -0.472. The van der Waals surface area contributed by atoms with E-state index in [1.54, 1.807) is 0 Å². The number of hydrogen-bond donors (Lipinski definition) is 1. The summed E-state index contributed by atoms with van der Waals surface area (Å²) in [6.07, 6.45) is 5.69. The van der Waals surface area contributed by atoms with Crippen molar-refractivity contribution < 1.29 is 4.74 Å². The van der Waals surface area contributed by atoms with Crippen LogP contribution in [0.4, 0.5) is 5.95 Å². The molecule has 2 N–H and O–H groups in total. The summed E-state index contributed by atoms with van der Waals surface area (Å²) in [5, 5.41) is 0. The number of anilines is 1. The fraction of sp³-hybridized carbons (Fsp3) is 0.500. The van der Waals surface area contributed by atoms with Gasteiger partial charge in [0.1, 0.15) is 5.60 Å². The van der Waals surface area contributed by atoms with Gasteiger partial charge in [0.05, 0.1) is 6.54 Å². The normalized spacial score (nSPS) is 33.2. The molecule has 4 fully saturated rings. The summed E-state index contributed by atoms with van der Waals surface area (Å²) in [7, 11) is 0. The van der Waals surface area contributed by atoms with Crippen molar-refractivity contribution in [1.82, 2.24) is 14.9 Å². The Morgan fingerprint density at radius 2 is 1.88 bits per heavy atom. The Morgan fingerprint density at radius 1 is 1.12 bits per heavy atom. The van der Waals surface area contributed by atoms with Crippen molar-refractivity contribution in [3.8, 4) is 11.1 Å². The first-order valence-corrected chi connectivity index (χ1v) is 9.44. The second kappa shape index (κ2) is 6.01. The van der Waals surface area contributed by atoms with Crippen LogP contribution in [0, 0.1) is 12.8 Å². The fourth-order valence-electron chi connectivity index (χ4n) is 4.78. The topological polar surface area (TPSA) is 67.5 Å². The smallest absolute Gasteiger partial charge is 0.228 e. The van der Waals surface area contributed by atoms with Crippen LogP contribution in [-0.2, 0) is 4.74 Å². The summed E-state index contributed by atoms with van der Waals surface area (Å²) in [5.41, 5.74) is 9.54. The van der Waals surface area contributed by atoms with Crippen LogP contribution in [0.2, 0.25) is 0 Å². The molecule has 0 radical (unpaired) electrons. The first-order valence-electron chi connectivity index (χ1n) is 9.44. The van der Waals surface area contributed by atoms with E-state index in [4.69, 9.17) is 10.5 Å². The molecule has 5 heterocycles. The van der Waals surface area contributed by atoms with Gasteiger partial charge < -0.3 is 9.64 Å². The van der Waals surface area contributed by atoms with Crippen LogP contribution in [0.25, 0.3) is 11.1 Å². The molecule has 4 aliphatic heterocycles. The number of fused-ring (bicyclic) bond motifs is 2. The molecule has 4 saturated heterocycles. The van der Waals surface area contributed by atoms with Crippen molar-refractivity contribution in [3.63, 3.8) is 0 Å². The van der Waals surface area contributed by atoms with Gasteiger partial charge in [0, 0.05) is 24.5 Å². The standard InChI is InChI=1S/C20H25N5O/c1-14-3-2-4-15(9-14)16-10-22-19(23-11-16)25-13-20(26-18(25)21)12-24-7-5-17(20)6-8-24/h2-4,9-11,17-18H,5-8,12-13,21H2,1H3. The minimum Gasteiger partial charge on any atom is -0.335 e. The largest absolute Gasteiger partial charge is 0.335 e. The van der Waals surface area contributed by atoms with Crippen LogP contribution >= 0.6 is 0 Å². The Hall–Kier alpha value is -2.02. The first-order chi connectivity index (χ1) is 12.6. The van der Waals surface area contributed by atoms with E-state index in [0.29, 0.717) is 11.9 Å². The molecule has 2 unspecified atom stereocenters. The molecule has 2 bridgehead atoms. The highest BCUT2D eigenvalue weighted by atomic mass is 16.6. The molecule has 6 nitrogen and oxygen atoms in total. The van der Waals surface area contributed by atoms with Gasteiger partial charge in [-0.3, -0.25) is 10.6 Å². The average Bonchev–Trinajstić information content (AvgIpc) is 2.98. The highest BCUT2D eigenvalue weighted by molar-refractivity contribution is 5.62. The third kappa shape index (κ3) is 2.60. The van der Waals surface area contributed by atoms with E-state index < -0.39 is 6.35 Å². The number of benzene rings is 1. The maximum atomic E-state index is 6.32. The highest BCUT2D eigenvalue weighted by Crippen LogP contribution is 2.43. The van der Waals surface area contributed by atoms with Gasteiger partial charge >= 0.3 is 0 Å². The number of aryl methyl sites for hydroxylation is 1. The van der Waals surface area contributed by atoms with Gasteiger partial charge in [-0.15, -0.1) is 0 Å². The average molecular weight is 351 g/mol. The zero-order chi connectivity index (χ0) is 17.7. The van der Waals surface area contributed by atoms with E-state index in [-0.39, 0.29) is 5.60 Å². The predicted molar refractivity (Wildman–Crippen MR) is 101 cm³/mol. The van der Waals surface area contributed by atoms with Gasteiger partial charge in [-0.25, -0.2) is 9.97 Å². The van der Waals surface area contributed by atoms with E-state index in [9.17, 15) is 0 Å². The lowest BCUT2D eigenvalue weighted by molar-refractivity contribution is -0.137. The third-order valence-electron chi connectivity index (χ3n) is 6.17. The predicted octanol–water partition coefficient (Wildman–Crippen LogP) is 2.00. The van der Waals surface area contributed by atoms with Crippen LogP contribution in [0.1, 0.15) is 18.4 Å². The lowest BCUT2D eigenvalue weighted by Gasteiger charge is -2.50. The van der Waals surface area contributed by atoms with Gasteiger partial charge in [-0.1, -0.05) is 29.8 Å². The van der Waals surface area contributed by atoms with Crippen molar-refractivity contribution >= 4 is 5.95 Å². The molecule has 0 amide bonds. The molecule has 0 saturated carbocycles. The maximum absolute atomic E-state index is 6.32. The van der Waals surface area contributed by atoms with Crippen molar-refractivity contribution in [1.29, 1.82) is 0 Å². The van der Waals surface area contributed by atoms with Gasteiger partial charge in [-0.05, 0) is 44.3 Å². The lowest BCUT2D eigenvalue weighted by Crippen LogP contribution is -2.61. The Bertz CT molecular complexity index is 802. The summed E-state index contributed by atoms with van der Waals surface area (Å²) in [6.45, 7) is 6.22. The molecular weight excluding hydrogens is 326 g/mol. The van der Waals surface area contributed by atoms with Crippen molar-refractivity contribution in [2.75, 3.05) is 31.1 Å². The van der Waals surface area contributed by atoms with Crippen LogP contribution < -0.4 is 10.6 Å². The molecule has 1 aromatic carbocycles. The molecule has 6 rings (SSSR count). The highest BCUT2D eigenvalue weighted by Gasteiger charge is 2.54.